The van der Waals surface area contributed by atoms with Crippen LogP contribution in [0.2, 0.25) is 10.0 Å². The van der Waals surface area contributed by atoms with Crippen LogP contribution in [0.5, 0.6) is 0 Å². The van der Waals surface area contributed by atoms with Crippen molar-refractivity contribution in [2.24, 2.45) is 0 Å². The Morgan fingerprint density at radius 2 is 1.74 bits per heavy atom. The van der Waals surface area contributed by atoms with Gasteiger partial charge in [0.1, 0.15) is 11.2 Å². The third-order valence-electron chi connectivity index (χ3n) is 5.09. The number of fused-ring (bicyclic) bond motifs is 4. The molecule has 0 aliphatic carbocycles. The number of para-hydroxylation sites is 2. The zero-order chi connectivity index (χ0) is 18.8. The molecular weight excluding hydrogens is 387 g/mol. The normalized spacial score (nSPS) is 20.2. The highest BCUT2D eigenvalue weighted by atomic mass is 35.5. The Labute approximate surface area is 164 Å². The van der Waals surface area contributed by atoms with Crippen LogP contribution in [0.25, 0.3) is 5.69 Å². The molecule has 5 rings (SSSR count). The number of amides is 2. The molecule has 8 heteroatoms. The van der Waals surface area contributed by atoms with E-state index < -0.39 is 5.41 Å². The fraction of sp³-hybridized carbons (Fsp3) is 0.105. The lowest BCUT2D eigenvalue weighted by molar-refractivity contribution is -0.125. The van der Waals surface area contributed by atoms with Crippen molar-refractivity contribution >= 4 is 46.5 Å². The lowest BCUT2D eigenvalue weighted by Gasteiger charge is -2.31. The number of aromatic nitrogens is 2. The third kappa shape index (κ3) is 2.11. The SMILES string of the molecule is O=C1CC2(C(=O)Nc3c(Cl)cccc32)c2cnn(-c3ccccc3Cl)c2N1. The molecule has 0 fully saturated rings. The van der Waals surface area contributed by atoms with Gasteiger partial charge in [0.05, 0.1) is 27.6 Å². The van der Waals surface area contributed by atoms with E-state index in [0.717, 1.165) is 0 Å². The van der Waals surface area contributed by atoms with E-state index in [1.807, 2.05) is 18.2 Å². The number of carbonyl (C=O) groups excluding carboxylic acids is 2. The van der Waals surface area contributed by atoms with Crippen LogP contribution in [0.1, 0.15) is 17.5 Å². The maximum atomic E-state index is 13.1. The second-order valence-corrected chi connectivity index (χ2v) is 7.33. The van der Waals surface area contributed by atoms with Gasteiger partial charge in [-0.25, -0.2) is 4.68 Å². The Balaban J connectivity index is 1.79. The zero-order valence-electron chi connectivity index (χ0n) is 13.8. The average molecular weight is 399 g/mol. The third-order valence-corrected chi connectivity index (χ3v) is 5.73. The molecule has 0 saturated carbocycles. The Bertz CT molecular complexity index is 1140. The lowest BCUT2D eigenvalue weighted by atomic mass is 9.72. The van der Waals surface area contributed by atoms with Crippen LogP contribution in [0.3, 0.4) is 0 Å². The number of benzene rings is 2. The number of hydrogen-bond donors (Lipinski definition) is 2. The van der Waals surface area contributed by atoms with Gasteiger partial charge in [-0.05, 0) is 23.8 Å². The minimum atomic E-state index is -1.17. The van der Waals surface area contributed by atoms with Crippen molar-refractivity contribution < 1.29 is 9.59 Å². The minimum absolute atomic E-state index is 0.0204. The summed E-state index contributed by atoms with van der Waals surface area (Å²) < 4.78 is 1.55. The Morgan fingerprint density at radius 1 is 0.963 bits per heavy atom. The standard InChI is InChI=1S/C19H12Cl2N4O2/c20-12-5-1-2-7-14(12)25-17-11(9-22-25)19(8-15(26)23-17)10-4-3-6-13(21)16(10)24-18(19)27/h1-7,9H,8H2,(H,23,26)(H,24,27). The number of hydrogen-bond acceptors (Lipinski definition) is 3. The summed E-state index contributed by atoms with van der Waals surface area (Å²) in [4.78, 5) is 25.7. The molecule has 1 unspecified atom stereocenters. The smallest absolute Gasteiger partial charge is 0.240 e. The second-order valence-electron chi connectivity index (χ2n) is 6.52. The average Bonchev–Trinajstić information content (AvgIpc) is 3.17. The van der Waals surface area contributed by atoms with E-state index in [0.29, 0.717) is 38.4 Å². The van der Waals surface area contributed by atoms with E-state index in [-0.39, 0.29) is 18.2 Å². The van der Waals surface area contributed by atoms with Gasteiger partial charge in [0, 0.05) is 12.0 Å². The van der Waals surface area contributed by atoms with Crippen molar-refractivity contribution in [3.8, 4) is 5.69 Å². The molecule has 6 nitrogen and oxygen atoms in total. The summed E-state index contributed by atoms with van der Waals surface area (Å²) in [6.45, 7) is 0. The van der Waals surface area contributed by atoms with Crippen molar-refractivity contribution in [1.29, 1.82) is 0 Å². The number of rotatable bonds is 1. The predicted molar refractivity (Wildman–Crippen MR) is 103 cm³/mol. The number of nitrogens with one attached hydrogen (secondary N) is 2. The van der Waals surface area contributed by atoms with Crippen LogP contribution in [0.4, 0.5) is 11.5 Å². The molecule has 3 heterocycles. The van der Waals surface area contributed by atoms with E-state index in [4.69, 9.17) is 23.2 Å². The van der Waals surface area contributed by atoms with Crippen LogP contribution >= 0.6 is 23.2 Å². The highest BCUT2D eigenvalue weighted by molar-refractivity contribution is 6.35. The van der Waals surface area contributed by atoms with Crippen molar-refractivity contribution in [1.82, 2.24) is 9.78 Å². The molecule has 27 heavy (non-hydrogen) atoms. The molecule has 2 aliphatic rings. The summed E-state index contributed by atoms with van der Waals surface area (Å²) in [5.74, 6) is -0.137. The van der Waals surface area contributed by atoms with Crippen LogP contribution in [0.15, 0.2) is 48.7 Å². The molecule has 0 radical (unpaired) electrons. The number of nitrogens with zero attached hydrogens (tertiary/aromatic N) is 2. The Hall–Kier alpha value is -2.83. The Kier molecular flexibility index (Phi) is 3.38. The van der Waals surface area contributed by atoms with E-state index in [9.17, 15) is 9.59 Å². The summed E-state index contributed by atoms with van der Waals surface area (Å²) in [5.41, 5.74) is 1.27. The highest BCUT2D eigenvalue weighted by Gasteiger charge is 2.54. The fourth-order valence-corrected chi connectivity index (χ4v) is 4.33. The van der Waals surface area contributed by atoms with Crippen LogP contribution in [-0.4, -0.2) is 21.6 Å². The van der Waals surface area contributed by atoms with Crippen molar-refractivity contribution in [2.75, 3.05) is 10.6 Å². The quantitative estimate of drug-likeness (QED) is 0.654. The molecule has 2 amide bonds. The molecule has 1 aromatic heterocycles. The fourth-order valence-electron chi connectivity index (χ4n) is 3.89. The van der Waals surface area contributed by atoms with Gasteiger partial charge >= 0.3 is 0 Å². The van der Waals surface area contributed by atoms with Gasteiger partial charge in [0.25, 0.3) is 0 Å². The summed E-state index contributed by atoms with van der Waals surface area (Å²) in [5, 5.41) is 11.0. The van der Waals surface area contributed by atoms with E-state index >= 15 is 0 Å². The first kappa shape index (κ1) is 16.4. The number of carbonyl (C=O) groups is 2. The van der Waals surface area contributed by atoms with Crippen molar-refractivity contribution in [2.45, 2.75) is 11.8 Å². The molecule has 0 bridgehead atoms. The first-order chi connectivity index (χ1) is 13.0. The largest absolute Gasteiger partial charge is 0.323 e. The van der Waals surface area contributed by atoms with Crippen LogP contribution in [0, 0.1) is 0 Å². The van der Waals surface area contributed by atoms with Gasteiger partial charge in [0.15, 0.2) is 0 Å². The van der Waals surface area contributed by atoms with Crippen LogP contribution < -0.4 is 10.6 Å². The van der Waals surface area contributed by atoms with E-state index in [1.165, 1.54) is 0 Å². The topological polar surface area (TPSA) is 76.0 Å². The number of anilines is 2. The first-order valence-electron chi connectivity index (χ1n) is 8.26. The Morgan fingerprint density at radius 3 is 2.56 bits per heavy atom. The van der Waals surface area contributed by atoms with Gasteiger partial charge in [-0.15, -0.1) is 0 Å². The van der Waals surface area contributed by atoms with E-state index in [2.05, 4.69) is 15.7 Å². The van der Waals surface area contributed by atoms with Gasteiger partial charge in [-0.2, -0.15) is 5.10 Å². The van der Waals surface area contributed by atoms with E-state index in [1.54, 1.807) is 35.1 Å². The summed E-state index contributed by atoms with van der Waals surface area (Å²) in [6.07, 6.45) is 1.58. The maximum Gasteiger partial charge on any atom is 0.240 e. The minimum Gasteiger partial charge on any atom is -0.323 e. The molecule has 1 atom stereocenters. The summed E-state index contributed by atoms with van der Waals surface area (Å²) >= 11 is 12.6. The molecule has 2 N–H and O–H groups in total. The molecule has 2 aromatic carbocycles. The van der Waals surface area contributed by atoms with Gasteiger partial charge in [-0.3, -0.25) is 9.59 Å². The first-order valence-corrected chi connectivity index (χ1v) is 9.01. The summed E-state index contributed by atoms with van der Waals surface area (Å²) in [6, 6.07) is 12.5. The molecule has 1 spiro atoms. The predicted octanol–water partition coefficient (Wildman–Crippen LogP) is 3.76. The van der Waals surface area contributed by atoms with Gasteiger partial charge < -0.3 is 10.6 Å². The molecule has 134 valence electrons. The lowest BCUT2D eigenvalue weighted by Crippen LogP contribution is -2.43. The van der Waals surface area contributed by atoms with Crippen molar-refractivity contribution in [3.63, 3.8) is 0 Å². The zero-order valence-corrected chi connectivity index (χ0v) is 15.3. The monoisotopic (exact) mass is 398 g/mol. The maximum absolute atomic E-state index is 13.1. The molecular formula is C19H12Cl2N4O2. The highest BCUT2D eigenvalue weighted by Crippen LogP contribution is 2.51. The molecule has 3 aromatic rings. The van der Waals surface area contributed by atoms with Crippen LogP contribution in [-0.2, 0) is 15.0 Å². The number of halogens is 2. The van der Waals surface area contributed by atoms with Crippen molar-refractivity contribution in [3.05, 3.63) is 69.8 Å². The van der Waals surface area contributed by atoms with Gasteiger partial charge in [-0.1, -0.05) is 47.5 Å². The molecule has 0 saturated heterocycles. The van der Waals surface area contributed by atoms with Gasteiger partial charge in [0.2, 0.25) is 11.8 Å². The molecule has 2 aliphatic heterocycles. The summed E-state index contributed by atoms with van der Waals surface area (Å²) in [7, 11) is 0. The second kappa shape index (κ2) is 5.58.